The van der Waals surface area contributed by atoms with E-state index in [-0.39, 0.29) is 37.3 Å². The summed E-state index contributed by atoms with van der Waals surface area (Å²) in [6, 6.07) is 2.07. The van der Waals surface area contributed by atoms with Crippen molar-refractivity contribution in [1.29, 1.82) is 5.26 Å². The Morgan fingerprint density at radius 2 is 2.08 bits per heavy atom. The predicted octanol–water partition coefficient (Wildman–Crippen LogP) is 0.709. The molecule has 202 valence electrons. The third-order valence-electron chi connectivity index (χ3n) is 6.69. The number of unbranched alkanes of at least 4 members (excludes halogenated alkanes) is 1. The van der Waals surface area contributed by atoms with E-state index in [0.29, 0.717) is 36.0 Å². The standard InChI is InChI=1S/C23H29N9O5S/c1-2-38(36,37)30-13-23(14-30,7-9-25)32-12-16(11-28-32)19-17-6-10-31(20(17)27-15-26-19)22(35)29-18(21(33)34)5-3-4-8-24/h6,10-12,15,18H,2-5,7-8,13-14,24H2,1H3,(H,29,35)(H,33,34). The largest absolute Gasteiger partial charge is 0.480 e. The first-order valence-corrected chi connectivity index (χ1v) is 13.7. The fraction of sp³-hybridized carbons (Fsp3) is 0.478. The zero-order chi connectivity index (χ0) is 27.5. The molecule has 1 amide bonds. The molecule has 4 N–H and O–H groups in total. The van der Waals surface area contributed by atoms with Crippen molar-refractivity contribution >= 4 is 33.1 Å². The van der Waals surface area contributed by atoms with E-state index in [2.05, 4.69) is 26.5 Å². The van der Waals surface area contributed by atoms with Gasteiger partial charge < -0.3 is 16.2 Å². The summed E-state index contributed by atoms with van der Waals surface area (Å²) in [5.41, 5.74) is 6.04. The van der Waals surface area contributed by atoms with Gasteiger partial charge in [-0.15, -0.1) is 0 Å². The molecule has 1 unspecified atom stereocenters. The molecule has 3 aromatic rings. The second kappa shape index (κ2) is 10.9. The number of hydrogen-bond donors (Lipinski definition) is 3. The highest BCUT2D eigenvalue weighted by molar-refractivity contribution is 7.89. The summed E-state index contributed by atoms with van der Waals surface area (Å²) in [6.45, 7) is 2.29. The van der Waals surface area contributed by atoms with Crippen LogP contribution >= 0.6 is 0 Å². The molecule has 0 bridgehead atoms. The Morgan fingerprint density at radius 3 is 2.74 bits per heavy atom. The topological polar surface area (TPSA) is 202 Å². The molecule has 1 atom stereocenters. The maximum absolute atomic E-state index is 12.9. The van der Waals surface area contributed by atoms with E-state index in [4.69, 9.17) is 5.73 Å². The zero-order valence-corrected chi connectivity index (χ0v) is 21.6. The molecule has 15 heteroatoms. The Balaban J connectivity index is 1.59. The van der Waals surface area contributed by atoms with Gasteiger partial charge in [-0.1, -0.05) is 0 Å². The summed E-state index contributed by atoms with van der Waals surface area (Å²) < 4.78 is 28.6. The number of nitrogens with zero attached hydrogens (tertiary/aromatic N) is 7. The number of hydrogen-bond acceptors (Lipinski definition) is 9. The average molecular weight is 544 g/mol. The van der Waals surface area contributed by atoms with Crippen LogP contribution in [0.3, 0.4) is 0 Å². The number of aromatic nitrogens is 5. The molecule has 4 heterocycles. The van der Waals surface area contributed by atoms with E-state index in [1.165, 1.54) is 21.4 Å². The molecule has 0 spiro atoms. The van der Waals surface area contributed by atoms with Crippen molar-refractivity contribution in [3.8, 4) is 17.3 Å². The monoisotopic (exact) mass is 543 g/mol. The molecule has 1 saturated heterocycles. The second-order valence-electron chi connectivity index (χ2n) is 9.17. The van der Waals surface area contributed by atoms with Crippen molar-refractivity contribution in [1.82, 2.24) is 33.9 Å². The van der Waals surface area contributed by atoms with Gasteiger partial charge in [0.05, 0.1) is 30.1 Å². The van der Waals surface area contributed by atoms with Crippen LogP contribution in [-0.2, 0) is 20.4 Å². The number of carbonyl (C=O) groups excluding carboxylic acids is 1. The Morgan fingerprint density at radius 1 is 1.32 bits per heavy atom. The zero-order valence-electron chi connectivity index (χ0n) is 20.8. The molecule has 0 radical (unpaired) electrons. The number of nitrogens with two attached hydrogens (primary N) is 1. The normalized spacial score (nSPS) is 16.0. The minimum absolute atomic E-state index is 0.0234. The van der Waals surface area contributed by atoms with Crippen LogP contribution in [0.2, 0.25) is 0 Å². The highest BCUT2D eigenvalue weighted by Crippen LogP contribution is 2.36. The molecule has 1 fully saturated rings. The van der Waals surface area contributed by atoms with Gasteiger partial charge in [0, 0.05) is 36.4 Å². The first kappa shape index (κ1) is 27.2. The molecule has 4 rings (SSSR count). The van der Waals surface area contributed by atoms with Crippen LogP contribution in [0.15, 0.2) is 31.0 Å². The molecule has 1 aliphatic rings. The van der Waals surface area contributed by atoms with Gasteiger partial charge in [0.15, 0.2) is 5.65 Å². The number of nitriles is 1. The highest BCUT2D eigenvalue weighted by Gasteiger charge is 2.49. The lowest BCUT2D eigenvalue weighted by atomic mass is 9.89. The summed E-state index contributed by atoms with van der Waals surface area (Å²) in [5.74, 6) is -1.16. The third-order valence-corrected chi connectivity index (χ3v) is 8.47. The summed E-state index contributed by atoms with van der Waals surface area (Å²) in [4.78, 5) is 33.1. The van der Waals surface area contributed by atoms with Crippen LogP contribution < -0.4 is 11.1 Å². The first-order valence-electron chi connectivity index (χ1n) is 12.1. The molecule has 1 aliphatic heterocycles. The molecular weight excluding hydrogens is 514 g/mol. The number of aliphatic carboxylic acids is 1. The fourth-order valence-corrected chi connectivity index (χ4v) is 5.73. The number of amides is 1. The van der Waals surface area contributed by atoms with Crippen LogP contribution in [0, 0.1) is 11.3 Å². The number of fused-ring (bicyclic) bond motifs is 1. The maximum atomic E-state index is 12.9. The van der Waals surface area contributed by atoms with Gasteiger partial charge >= 0.3 is 12.0 Å². The lowest BCUT2D eigenvalue weighted by Crippen LogP contribution is -2.64. The minimum atomic E-state index is -3.38. The second-order valence-corrected chi connectivity index (χ2v) is 11.4. The number of sulfonamides is 1. The lowest BCUT2D eigenvalue weighted by molar-refractivity contribution is -0.139. The van der Waals surface area contributed by atoms with Crippen molar-refractivity contribution in [2.75, 3.05) is 25.4 Å². The van der Waals surface area contributed by atoms with Crippen LogP contribution in [-0.4, -0.2) is 85.6 Å². The van der Waals surface area contributed by atoms with Gasteiger partial charge in [0.2, 0.25) is 10.0 Å². The van der Waals surface area contributed by atoms with Gasteiger partial charge in [-0.05, 0) is 38.8 Å². The smallest absolute Gasteiger partial charge is 0.327 e. The van der Waals surface area contributed by atoms with Gasteiger partial charge in [0.1, 0.15) is 17.9 Å². The number of rotatable bonds is 11. The summed E-state index contributed by atoms with van der Waals surface area (Å²) >= 11 is 0. The number of carboxylic acid groups (broad SMARTS) is 1. The molecule has 0 saturated carbocycles. The Labute approximate surface area is 219 Å². The fourth-order valence-electron chi connectivity index (χ4n) is 4.49. The predicted molar refractivity (Wildman–Crippen MR) is 136 cm³/mol. The molecular formula is C23H29N9O5S. The van der Waals surface area contributed by atoms with Crippen LogP contribution in [0.25, 0.3) is 22.3 Å². The van der Waals surface area contributed by atoms with Crippen molar-refractivity contribution in [3.05, 3.63) is 31.0 Å². The highest BCUT2D eigenvalue weighted by atomic mass is 32.2. The molecule has 3 aromatic heterocycles. The van der Waals surface area contributed by atoms with Crippen LogP contribution in [0.5, 0.6) is 0 Å². The minimum Gasteiger partial charge on any atom is -0.480 e. The first-order chi connectivity index (χ1) is 18.2. The number of carboxylic acids is 1. The molecule has 38 heavy (non-hydrogen) atoms. The lowest BCUT2D eigenvalue weighted by Gasteiger charge is -2.47. The molecule has 0 aromatic carbocycles. The van der Waals surface area contributed by atoms with E-state index in [9.17, 15) is 28.4 Å². The van der Waals surface area contributed by atoms with Crippen molar-refractivity contribution in [2.45, 2.75) is 44.2 Å². The van der Waals surface area contributed by atoms with Gasteiger partial charge in [0.25, 0.3) is 0 Å². The Kier molecular flexibility index (Phi) is 7.76. The molecule has 14 nitrogen and oxygen atoms in total. The van der Waals surface area contributed by atoms with E-state index >= 15 is 0 Å². The van der Waals surface area contributed by atoms with E-state index in [1.54, 1.807) is 30.1 Å². The van der Waals surface area contributed by atoms with Crippen molar-refractivity contribution in [3.63, 3.8) is 0 Å². The molecule has 0 aliphatic carbocycles. The summed E-state index contributed by atoms with van der Waals surface area (Å²) in [6.07, 6.45) is 7.58. The number of nitrogens with one attached hydrogen (secondary N) is 1. The van der Waals surface area contributed by atoms with E-state index in [1.807, 2.05) is 0 Å². The number of carbonyl (C=O) groups is 2. The van der Waals surface area contributed by atoms with Crippen molar-refractivity contribution in [2.24, 2.45) is 5.73 Å². The quantitative estimate of drug-likeness (QED) is 0.289. The van der Waals surface area contributed by atoms with Crippen LogP contribution in [0.1, 0.15) is 32.6 Å². The summed E-state index contributed by atoms with van der Waals surface area (Å²) in [7, 11) is -3.38. The van der Waals surface area contributed by atoms with E-state index in [0.717, 1.165) is 0 Å². The van der Waals surface area contributed by atoms with Crippen LogP contribution in [0.4, 0.5) is 4.79 Å². The Hall–Kier alpha value is -3.87. The SMILES string of the molecule is CCS(=O)(=O)N1CC(CC#N)(n2cc(-c3ncnc4c3ccn4C(=O)NC(CCCCN)C(=O)O)cn2)C1. The Bertz CT molecular complexity index is 1480. The maximum Gasteiger partial charge on any atom is 0.327 e. The summed E-state index contributed by atoms with van der Waals surface area (Å²) in [5, 5.41) is 26.4. The van der Waals surface area contributed by atoms with E-state index < -0.39 is 33.6 Å². The average Bonchev–Trinajstić information content (AvgIpc) is 3.53. The van der Waals surface area contributed by atoms with Gasteiger partial charge in [-0.2, -0.15) is 14.7 Å². The van der Waals surface area contributed by atoms with Gasteiger partial charge in [-0.25, -0.2) is 28.0 Å². The van der Waals surface area contributed by atoms with Crippen molar-refractivity contribution < 1.29 is 23.1 Å². The third kappa shape index (κ3) is 5.10. The van der Waals surface area contributed by atoms with Gasteiger partial charge in [-0.3, -0.25) is 9.25 Å².